The minimum atomic E-state index is -0.761. The second kappa shape index (κ2) is 38.1. The molecule has 0 radical (unpaired) electrons. The summed E-state index contributed by atoms with van der Waals surface area (Å²) in [5.41, 5.74) is 0. The lowest BCUT2D eigenvalue weighted by molar-refractivity contribution is -0.00000930. The summed E-state index contributed by atoms with van der Waals surface area (Å²) < 4.78 is 0. The average molecular weight is 676 g/mol. The summed E-state index contributed by atoms with van der Waals surface area (Å²) >= 11 is 0. The summed E-state index contributed by atoms with van der Waals surface area (Å²) in [6.07, 6.45) is 54.2. The molecule has 0 unspecified atom stereocenters. The van der Waals surface area contributed by atoms with Crippen LogP contribution in [0.1, 0.15) is 233 Å². The molecule has 0 heterocycles. The van der Waals surface area contributed by atoms with E-state index in [0.29, 0.717) is 0 Å². The SMILES string of the molecule is CCCCCCCCCC[P+](CCCCCCCCCC)(CCCCCCCCCC)CCCCCCCCCC.[Br-]. The van der Waals surface area contributed by atoms with Gasteiger partial charge < -0.3 is 17.0 Å². The zero-order chi connectivity index (χ0) is 30.0. The first-order valence-corrected chi connectivity index (χ1v) is 22.6. The molecule has 0 saturated carbocycles. The van der Waals surface area contributed by atoms with Crippen LogP contribution in [-0.2, 0) is 0 Å². The Morgan fingerprint density at radius 1 is 0.214 bits per heavy atom. The zero-order valence-corrected chi connectivity index (χ0v) is 32.8. The predicted molar refractivity (Wildman–Crippen MR) is 197 cm³/mol. The monoisotopic (exact) mass is 675 g/mol. The first-order chi connectivity index (χ1) is 20.2. The normalized spacial score (nSPS) is 11.7. The van der Waals surface area contributed by atoms with E-state index in [4.69, 9.17) is 0 Å². The minimum Gasteiger partial charge on any atom is -1.00 e. The number of hydrogen-bond acceptors (Lipinski definition) is 0. The van der Waals surface area contributed by atoms with Crippen LogP contribution in [0.15, 0.2) is 0 Å². The highest BCUT2D eigenvalue weighted by atomic mass is 79.9. The molecule has 0 atom stereocenters. The van der Waals surface area contributed by atoms with Crippen molar-refractivity contribution in [2.75, 3.05) is 24.6 Å². The first-order valence-electron chi connectivity index (χ1n) is 20.1. The molecule has 0 saturated heterocycles. The lowest BCUT2D eigenvalue weighted by Crippen LogP contribution is -3.00. The molecule has 0 aliphatic heterocycles. The maximum atomic E-state index is 2.34. The van der Waals surface area contributed by atoms with Crippen LogP contribution in [0.2, 0.25) is 0 Å². The van der Waals surface area contributed by atoms with E-state index in [0.717, 1.165) is 0 Å². The quantitative estimate of drug-likeness (QED) is 0.0458. The van der Waals surface area contributed by atoms with Gasteiger partial charge >= 0.3 is 0 Å². The Kier molecular flexibility index (Phi) is 40.8. The predicted octanol–water partition coefficient (Wildman–Crippen LogP) is 12.6. The molecule has 0 rings (SSSR count). The smallest absolute Gasteiger partial charge is 0.0594 e. The van der Waals surface area contributed by atoms with Crippen molar-refractivity contribution >= 4 is 7.26 Å². The third kappa shape index (κ3) is 32.3. The molecule has 0 bridgehead atoms. The highest BCUT2D eigenvalue weighted by molar-refractivity contribution is 7.75. The van der Waals surface area contributed by atoms with Gasteiger partial charge in [0.2, 0.25) is 0 Å². The molecule has 0 aliphatic rings. The Hall–Kier alpha value is 0.910. The summed E-state index contributed by atoms with van der Waals surface area (Å²) in [6.45, 7) is 9.37. The lowest BCUT2D eigenvalue weighted by Gasteiger charge is -2.28. The van der Waals surface area contributed by atoms with Gasteiger partial charge in [0, 0.05) is 7.26 Å². The van der Waals surface area contributed by atoms with E-state index in [9.17, 15) is 0 Å². The Bertz CT molecular complexity index is 379. The van der Waals surface area contributed by atoms with E-state index in [2.05, 4.69) is 27.7 Å². The molecule has 0 aromatic rings. The molecule has 2 heteroatoms. The molecule has 0 amide bonds. The summed E-state index contributed by atoms with van der Waals surface area (Å²) in [5.74, 6) is 0. The number of rotatable bonds is 36. The molecule has 0 N–H and O–H groups in total. The van der Waals surface area contributed by atoms with Crippen molar-refractivity contribution in [3.05, 3.63) is 0 Å². The second-order valence-electron chi connectivity index (χ2n) is 14.1. The number of hydrogen-bond donors (Lipinski definition) is 0. The van der Waals surface area contributed by atoms with E-state index in [-0.39, 0.29) is 17.0 Å². The van der Waals surface area contributed by atoms with Crippen LogP contribution >= 0.6 is 7.26 Å². The molecule has 256 valence electrons. The van der Waals surface area contributed by atoms with E-state index < -0.39 is 7.26 Å². The van der Waals surface area contributed by atoms with Gasteiger partial charge in [-0.3, -0.25) is 0 Å². The molecule has 0 nitrogen and oxygen atoms in total. The topological polar surface area (TPSA) is 0 Å². The van der Waals surface area contributed by atoms with E-state index in [1.165, 1.54) is 180 Å². The fraction of sp³-hybridized carbons (Fsp3) is 1.00. The minimum absolute atomic E-state index is 0. The standard InChI is InChI=1S/C40H84P.BrH/c1-5-9-13-17-21-25-29-33-37-41(38-34-30-26-22-18-14-10-6-2,39-35-31-27-23-19-15-11-7-3)40-36-32-28-24-20-16-12-8-4;/h5-40H2,1-4H3;1H/q+1;/p-1. The molecular weight excluding hydrogens is 591 g/mol. The van der Waals surface area contributed by atoms with Crippen LogP contribution < -0.4 is 17.0 Å². The fourth-order valence-corrected chi connectivity index (χ4v) is 11.9. The van der Waals surface area contributed by atoms with Crippen LogP contribution in [-0.4, -0.2) is 24.6 Å². The number of halogens is 1. The fourth-order valence-electron chi connectivity index (χ4n) is 7.00. The van der Waals surface area contributed by atoms with Crippen molar-refractivity contribution in [1.82, 2.24) is 0 Å². The van der Waals surface area contributed by atoms with Crippen molar-refractivity contribution < 1.29 is 17.0 Å². The summed E-state index contributed by atoms with van der Waals surface area (Å²) in [6, 6.07) is 0. The van der Waals surface area contributed by atoms with Gasteiger partial charge in [0.05, 0.1) is 24.6 Å². The van der Waals surface area contributed by atoms with Gasteiger partial charge in [-0.2, -0.15) is 0 Å². The summed E-state index contributed by atoms with van der Waals surface area (Å²) in [5, 5.41) is 0. The van der Waals surface area contributed by atoms with Gasteiger partial charge in [0.25, 0.3) is 0 Å². The van der Waals surface area contributed by atoms with Crippen LogP contribution in [0, 0.1) is 0 Å². The largest absolute Gasteiger partial charge is 1.00 e. The third-order valence-electron chi connectivity index (χ3n) is 9.94. The van der Waals surface area contributed by atoms with E-state index in [1.807, 2.05) is 0 Å². The lowest BCUT2D eigenvalue weighted by atomic mass is 10.1. The summed E-state index contributed by atoms with van der Waals surface area (Å²) in [4.78, 5) is 0. The highest BCUT2D eigenvalue weighted by Crippen LogP contribution is 2.61. The van der Waals surface area contributed by atoms with Crippen molar-refractivity contribution in [2.24, 2.45) is 0 Å². The van der Waals surface area contributed by atoms with Crippen molar-refractivity contribution in [2.45, 2.75) is 233 Å². The van der Waals surface area contributed by atoms with Gasteiger partial charge in [0.1, 0.15) is 0 Å². The van der Waals surface area contributed by atoms with Crippen LogP contribution in [0.4, 0.5) is 0 Å². The molecule has 0 aromatic carbocycles. The molecule has 42 heavy (non-hydrogen) atoms. The number of unbranched alkanes of at least 4 members (excludes halogenated alkanes) is 28. The van der Waals surface area contributed by atoms with Gasteiger partial charge in [0.15, 0.2) is 0 Å². The van der Waals surface area contributed by atoms with Crippen LogP contribution in [0.3, 0.4) is 0 Å². The Labute approximate surface area is 281 Å². The van der Waals surface area contributed by atoms with E-state index >= 15 is 0 Å². The molecule has 0 fully saturated rings. The molecule has 0 aromatic heterocycles. The molecule has 0 spiro atoms. The van der Waals surface area contributed by atoms with Crippen molar-refractivity contribution in [3.63, 3.8) is 0 Å². The Morgan fingerprint density at radius 3 is 0.524 bits per heavy atom. The second-order valence-corrected chi connectivity index (χ2v) is 18.6. The van der Waals surface area contributed by atoms with Gasteiger partial charge in [-0.25, -0.2) is 0 Å². The van der Waals surface area contributed by atoms with Crippen molar-refractivity contribution in [1.29, 1.82) is 0 Å². The zero-order valence-electron chi connectivity index (χ0n) is 30.3. The highest BCUT2D eigenvalue weighted by Gasteiger charge is 2.35. The average Bonchev–Trinajstić information content (AvgIpc) is 2.98. The van der Waals surface area contributed by atoms with Gasteiger partial charge in [-0.05, 0) is 51.4 Å². The van der Waals surface area contributed by atoms with Crippen LogP contribution in [0.5, 0.6) is 0 Å². The van der Waals surface area contributed by atoms with Gasteiger partial charge in [-0.15, -0.1) is 0 Å². The van der Waals surface area contributed by atoms with E-state index in [1.54, 1.807) is 50.3 Å². The summed E-state index contributed by atoms with van der Waals surface area (Å²) in [7, 11) is -0.761. The Morgan fingerprint density at radius 2 is 0.357 bits per heavy atom. The van der Waals surface area contributed by atoms with Gasteiger partial charge in [-0.1, -0.05) is 182 Å². The molecule has 0 aliphatic carbocycles. The van der Waals surface area contributed by atoms with Crippen molar-refractivity contribution in [3.8, 4) is 0 Å². The third-order valence-corrected chi connectivity index (χ3v) is 15.0. The molecular formula is C40H84BrP. The van der Waals surface area contributed by atoms with Crippen LogP contribution in [0.25, 0.3) is 0 Å². The Balaban J connectivity index is 0. The maximum absolute atomic E-state index is 2.34. The maximum Gasteiger partial charge on any atom is 0.0594 e. The first kappa shape index (κ1) is 45.0.